The number of hydrogen-bond acceptors (Lipinski definition) is 2. The van der Waals surface area contributed by atoms with Crippen molar-refractivity contribution in [2.45, 2.75) is 6.61 Å². The fraction of sp³-hybridized carbons (Fsp3) is 0.0769. The smallest absolute Gasteiger partial charge is 0.167 e. The Kier molecular flexibility index (Phi) is 3.81. The lowest BCUT2D eigenvalue weighted by molar-refractivity contribution is 0.285. The molecule has 0 fully saturated rings. The highest BCUT2D eigenvalue weighted by atomic mass is 79.9. The predicted molar refractivity (Wildman–Crippen MR) is 69.2 cm³/mol. The monoisotopic (exact) mass is 313 g/mol. The van der Waals surface area contributed by atoms with Crippen LogP contribution >= 0.6 is 15.9 Å². The molecule has 0 saturated carbocycles. The molecule has 2 rings (SSSR count). The summed E-state index contributed by atoms with van der Waals surface area (Å²) in [6, 6.07) is 8.60. The number of rotatable bonds is 3. The standard InChI is InChI=1S/C13H10BrF2NO/c14-9-1-3-11(15)8(5-9)7-18-13-4-2-10(17)6-12(13)16/h1-6H,7,17H2. The molecule has 0 aliphatic rings. The van der Waals surface area contributed by atoms with Crippen molar-refractivity contribution in [3.63, 3.8) is 0 Å². The molecule has 0 saturated heterocycles. The molecule has 0 aliphatic carbocycles. The van der Waals surface area contributed by atoms with E-state index in [2.05, 4.69) is 15.9 Å². The summed E-state index contributed by atoms with van der Waals surface area (Å²) in [5.41, 5.74) is 6.08. The number of anilines is 1. The van der Waals surface area contributed by atoms with Crippen LogP contribution in [0.5, 0.6) is 5.75 Å². The molecule has 0 spiro atoms. The van der Waals surface area contributed by atoms with Crippen molar-refractivity contribution >= 4 is 21.6 Å². The maximum atomic E-state index is 13.4. The molecular weight excluding hydrogens is 304 g/mol. The van der Waals surface area contributed by atoms with Crippen LogP contribution in [0.1, 0.15) is 5.56 Å². The van der Waals surface area contributed by atoms with Crippen LogP contribution in [0.25, 0.3) is 0 Å². The summed E-state index contributed by atoms with van der Waals surface area (Å²) in [7, 11) is 0. The second kappa shape index (κ2) is 5.35. The minimum atomic E-state index is -0.564. The van der Waals surface area contributed by atoms with Crippen molar-refractivity contribution in [1.82, 2.24) is 0 Å². The zero-order valence-electron chi connectivity index (χ0n) is 9.29. The van der Waals surface area contributed by atoms with Crippen LogP contribution in [0.2, 0.25) is 0 Å². The molecule has 5 heteroatoms. The van der Waals surface area contributed by atoms with E-state index in [1.807, 2.05) is 0 Å². The van der Waals surface area contributed by atoms with Gasteiger partial charge in [0, 0.05) is 21.8 Å². The lowest BCUT2D eigenvalue weighted by atomic mass is 10.2. The van der Waals surface area contributed by atoms with Gasteiger partial charge in [0.25, 0.3) is 0 Å². The molecule has 0 heterocycles. The van der Waals surface area contributed by atoms with Gasteiger partial charge in [-0.1, -0.05) is 15.9 Å². The predicted octanol–water partition coefficient (Wildman–Crippen LogP) is 3.89. The van der Waals surface area contributed by atoms with E-state index in [1.54, 1.807) is 12.1 Å². The van der Waals surface area contributed by atoms with Crippen molar-refractivity contribution in [3.05, 3.63) is 58.1 Å². The van der Waals surface area contributed by atoms with Gasteiger partial charge >= 0.3 is 0 Å². The van der Waals surface area contributed by atoms with Crippen molar-refractivity contribution in [1.29, 1.82) is 0 Å². The first-order chi connectivity index (χ1) is 8.56. The van der Waals surface area contributed by atoms with E-state index in [9.17, 15) is 8.78 Å². The van der Waals surface area contributed by atoms with Crippen LogP contribution in [-0.4, -0.2) is 0 Å². The summed E-state index contributed by atoms with van der Waals surface area (Å²) in [5.74, 6) is -0.914. The third-order valence-electron chi connectivity index (χ3n) is 2.35. The first kappa shape index (κ1) is 12.8. The molecule has 18 heavy (non-hydrogen) atoms. The zero-order chi connectivity index (χ0) is 13.1. The molecule has 0 radical (unpaired) electrons. The van der Waals surface area contributed by atoms with Gasteiger partial charge in [-0.2, -0.15) is 0 Å². The molecule has 2 aromatic rings. The van der Waals surface area contributed by atoms with Gasteiger partial charge in [-0.3, -0.25) is 0 Å². The highest BCUT2D eigenvalue weighted by Crippen LogP contribution is 2.22. The summed E-state index contributed by atoms with van der Waals surface area (Å²) >= 11 is 3.23. The SMILES string of the molecule is Nc1ccc(OCc2cc(Br)ccc2F)c(F)c1. The van der Waals surface area contributed by atoms with E-state index >= 15 is 0 Å². The lowest BCUT2D eigenvalue weighted by Crippen LogP contribution is -2.00. The first-order valence-electron chi connectivity index (χ1n) is 5.18. The Morgan fingerprint density at radius 3 is 2.56 bits per heavy atom. The minimum Gasteiger partial charge on any atom is -0.486 e. The Hall–Kier alpha value is -1.62. The van der Waals surface area contributed by atoms with Crippen LogP contribution in [-0.2, 0) is 6.61 Å². The minimum absolute atomic E-state index is 0.0450. The van der Waals surface area contributed by atoms with Crippen LogP contribution in [0.4, 0.5) is 14.5 Å². The topological polar surface area (TPSA) is 35.2 Å². The average molecular weight is 314 g/mol. The van der Waals surface area contributed by atoms with E-state index in [-0.39, 0.29) is 12.4 Å². The highest BCUT2D eigenvalue weighted by molar-refractivity contribution is 9.10. The molecular formula is C13H10BrF2NO. The Labute approximate surface area is 112 Å². The fourth-order valence-electron chi connectivity index (χ4n) is 1.44. The lowest BCUT2D eigenvalue weighted by Gasteiger charge is -2.08. The van der Waals surface area contributed by atoms with Gasteiger partial charge in [-0.05, 0) is 30.3 Å². The van der Waals surface area contributed by atoms with E-state index in [1.165, 1.54) is 18.2 Å². The van der Waals surface area contributed by atoms with Gasteiger partial charge in [-0.15, -0.1) is 0 Å². The zero-order valence-corrected chi connectivity index (χ0v) is 10.9. The largest absolute Gasteiger partial charge is 0.486 e. The van der Waals surface area contributed by atoms with Crippen LogP contribution in [0, 0.1) is 11.6 Å². The third kappa shape index (κ3) is 2.98. The number of ether oxygens (including phenoxy) is 1. The van der Waals surface area contributed by atoms with E-state index in [4.69, 9.17) is 10.5 Å². The normalized spacial score (nSPS) is 10.4. The first-order valence-corrected chi connectivity index (χ1v) is 5.97. The Balaban J connectivity index is 2.13. The molecule has 0 aromatic heterocycles. The van der Waals surface area contributed by atoms with Gasteiger partial charge in [0.1, 0.15) is 12.4 Å². The maximum Gasteiger partial charge on any atom is 0.167 e. The second-order valence-corrected chi connectivity index (χ2v) is 4.63. The van der Waals surface area contributed by atoms with Crippen molar-refractivity contribution in [2.24, 2.45) is 0 Å². The molecule has 94 valence electrons. The van der Waals surface area contributed by atoms with Crippen LogP contribution in [0.3, 0.4) is 0 Å². The molecule has 0 aliphatic heterocycles. The quantitative estimate of drug-likeness (QED) is 0.873. The number of halogens is 3. The van der Waals surface area contributed by atoms with Crippen LogP contribution < -0.4 is 10.5 Å². The van der Waals surface area contributed by atoms with E-state index < -0.39 is 11.6 Å². The molecule has 2 nitrogen and oxygen atoms in total. The van der Waals surface area contributed by atoms with E-state index in [0.29, 0.717) is 11.3 Å². The fourth-order valence-corrected chi connectivity index (χ4v) is 1.85. The van der Waals surface area contributed by atoms with Gasteiger partial charge in [0.15, 0.2) is 11.6 Å². The van der Waals surface area contributed by atoms with Crippen molar-refractivity contribution in [2.75, 3.05) is 5.73 Å². The summed E-state index contributed by atoms with van der Waals surface area (Å²) in [5, 5.41) is 0. The molecule has 0 unspecified atom stereocenters. The van der Waals surface area contributed by atoms with Crippen LogP contribution in [0.15, 0.2) is 40.9 Å². The molecule has 0 atom stereocenters. The summed E-state index contributed by atoms with van der Waals surface area (Å²) in [6.07, 6.45) is 0. The van der Waals surface area contributed by atoms with Gasteiger partial charge in [0.05, 0.1) is 0 Å². The average Bonchev–Trinajstić information content (AvgIpc) is 2.32. The van der Waals surface area contributed by atoms with Crippen molar-refractivity contribution in [3.8, 4) is 5.75 Å². The molecule has 2 aromatic carbocycles. The number of benzene rings is 2. The number of nitrogen functional groups attached to an aromatic ring is 1. The Morgan fingerprint density at radius 1 is 1.06 bits per heavy atom. The Bertz CT molecular complexity index is 575. The molecule has 2 N–H and O–H groups in total. The number of nitrogens with two attached hydrogens (primary N) is 1. The summed E-state index contributed by atoms with van der Waals surface area (Å²) in [4.78, 5) is 0. The van der Waals surface area contributed by atoms with E-state index in [0.717, 1.165) is 10.5 Å². The molecule has 0 bridgehead atoms. The second-order valence-electron chi connectivity index (χ2n) is 3.71. The summed E-state index contributed by atoms with van der Waals surface area (Å²) < 4.78 is 32.8. The van der Waals surface area contributed by atoms with Gasteiger partial charge in [0.2, 0.25) is 0 Å². The summed E-state index contributed by atoms with van der Waals surface area (Å²) in [6.45, 7) is -0.0495. The highest BCUT2D eigenvalue weighted by Gasteiger charge is 2.07. The van der Waals surface area contributed by atoms with Crippen molar-refractivity contribution < 1.29 is 13.5 Å². The Morgan fingerprint density at radius 2 is 1.83 bits per heavy atom. The van der Waals surface area contributed by atoms with Gasteiger partial charge in [-0.25, -0.2) is 8.78 Å². The third-order valence-corrected chi connectivity index (χ3v) is 2.84. The number of hydrogen-bond donors (Lipinski definition) is 1. The van der Waals surface area contributed by atoms with Gasteiger partial charge < -0.3 is 10.5 Å². The maximum absolute atomic E-state index is 13.4. The molecule has 0 amide bonds.